The predicted molar refractivity (Wildman–Crippen MR) is 105 cm³/mol. The van der Waals surface area contributed by atoms with E-state index in [0.717, 1.165) is 52.2 Å². The molecule has 1 saturated carbocycles. The molecule has 1 amide bonds. The zero-order valence-corrected chi connectivity index (χ0v) is 16.1. The summed E-state index contributed by atoms with van der Waals surface area (Å²) in [5, 5.41) is 3.44. The summed E-state index contributed by atoms with van der Waals surface area (Å²) in [7, 11) is 0. The lowest BCUT2D eigenvalue weighted by Crippen LogP contribution is -2.39. The van der Waals surface area contributed by atoms with Crippen molar-refractivity contribution in [2.75, 3.05) is 39.3 Å². The van der Waals surface area contributed by atoms with Crippen molar-refractivity contribution < 1.29 is 4.79 Å². The van der Waals surface area contributed by atoms with Crippen LogP contribution >= 0.6 is 0 Å². The van der Waals surface area contributed by atoms with Gasteiger partial charge in [0.05, 0.1) is 0 Å². The summed E-state index contributed by atoms with van der Waals surface area (Å²) in [5.41, 5.74) is 1.74. The number of benzene rings is 1. The Labute approximate surface area is 157 Å². The quantitative estimate of drug-likeness (QED) is 0.852. The van der Waals surface area contributed by atoms with E-state index < -0.39 is 0 Å². The number of carbonyl (C=O) groups excluding carboxylic acids is 1. The Balaban J connectivity index is 1.28. The molecule has 2 atom stereocenters. The molecule has 2 unspecified atom stereocenters. The van der Waals surface area contributed by atoms with E-state index in [2.05, 4.69) is 52.4 Å². The molecule has 1 spiro atoms. The SMILES string of the molecule is CCN(CC1CCN(Cc2ccccc2)C1)C(=O)C1CC12CCNCC2. The molecule has 2 saturated heterocycles. The molecule has 26 heavy (non-hydrogen) atoms. The number of rotatable bonds is 6. The third-order valence-corrected chi connectivity index (χ3v) is 6.88. The number of hydrogen-bond donors (Lipinski definition) is 1. The Bertz CT molecular complexity index is 611. The van der Waals surface area contributed by atoms with Gasteiger partial charge in [-0.3, -0.25) is 9.69 Å². The van der Waals surface area contributed by atoms with Crippen molar-refractivity contribution in [2.45, 2.75) is 39.2 Å². The van der Waals surface area contributed by atoms with Gasteiger partial charge < -0.3 is 10.2 Å². The highest BCUT2D eigenvalue weighted by Crippen LogP contribution is 2.59. The number of hydrogen-bond acceptors (Lipinski definition) is 3. The van der Waals surface area contributed by atoms with E-state index in [0.29, 0.717) is 23.2 Å². The average molecular weight is 356 g/mol. The van der Waals surface area contributed by atoms with Crippen molar-refractivity contribution in [3.63, 3.8) is 0 Å². The van der Waals surface area contributed by atoms with Crippen LogP contribution in [0.4, 0.5) is 0 Å². The summed E-state index contributed by atoms with van der Waals surface area (Å²) in [6, 6.07) is 10.7. The molecule has 2 aliphatic heterocycles. The van der Waals surface area contributed by atoms with Crippen LogP contribution in [0.25, 0.3) is 0 Å². The molecule has 4 heteroatoms. The van der Waals surface area contributed by atoms with Crippen molar-refractivity contribution in [1.29, 1.82) is 0 Å². The molecule has 142 valence electrons. The lowest BCUT2D eigenvalue weighted by atomic mass is 9.91. The summed E-state index contributed by atoms with van der Waals surface area (Å²) >= 11 is 0. The maximum Gasteiger partial charge on any atom is 0.226 e. The summed E-state index contributed by atoms with van der Waals surface area (Å²) < 4.78 is 0. The van der Waals surface area contributed by atoms with Crippen molar-refractivity contribution in [1.82, 2.24) is 15.1 Å². The van der Waals surface area contributed by atoms with Crippen molar-refractivity contribution in [2.24, 2.45) is 17.3 Å². The first kappa shape index (κ1) is 18.0. The van der Waals surface area contributed by atoms with E-state index in [1.54, 1.807) is 0 Å². The highest BCUT2D eigenvalue weighted by molar-refractivity contribution is 5.82. The van der Waals surface area contributed by atoms with Gasteiger partial charge >= 0.3 is 0 Å². The molecular weight excluding hydrogens is 322 g/mol. The van der Waals surface area contributed by atoms with Crippen LogP contribution in [-0.4, -0.2) is 55.0 Å². The van der Waals surface area contributed by atoms with Gasteiger partial charge in [0.25, 0.3) is 0 Å². The first-order valence-corrected chi connectivity index (χ1v) is 10.5. The normalized spacial score (nSPS) is 27.6. The predicted octanol–water partition coefficient (Wildman–Crippen LogP) is 2.75. The van der Waals surface area contributed by atoms with E-state index >= 15 is 0 Å². The number of nitrogens with zero attached hydrogens (tertiary/aromatic N) is 2. The molecule has 1 aromatic rings. The minimum absolute atomic E-state index is 0.311. The van der Waals surface area contributed by atoms with Gasteiger partial charge in [0.15, 0.2) is 0 Å². The molecule has 0 radical (unpaired) electrons. The zero-order valence-electron chi connectivity index (χ0n) is 16.1. The largest absolute Gasteiger partial charge is 0.342 e. The highest BCUT2D eigenvalue weighted by Gasteiger charge is 2.58. The lowest BCUT2D eigenvalue weighted by molar-refractivity contribution is -0.134. The van der Waals surface area contributed by atoms with Gasteiger partial charge in [-0.1, -0.05) is 30.3 Å². The van der Waals surface area contributed by atoms with Gasteiger partial charge in [0.1, 0.15) is 0 Å². The average Bonchev–Trinajstić information content (AvgIpc) is 3.17. The van der Waals surface area contributed by atoms with E-state index in [4.69, 9.17) is 0 Å². The lowest BCUT2D eigenvalue weighted by Gasteiger charge is -2.28. The van der Waals surface area contributed by atoms with Crippen molar-refractivity contribution in [3.8, 4) is 0 Å². The first-order valence-electron chi connectivity index (χ1n) is 10.5. The topological polar surface area (TPSA) is 35.6 Å². The van der Waals surface area contributed by atoms with E-state index in [-0.39, 0.29) is 0 Å². The van der Waals surface area contributed by atoms with Gasteiger partial charge in [-0.05, 0) is 69.1 Å². The van der Waals surface area contributed by atoms with Gasteiger partial charge in [-0.15, -0.1) is 0 Å². The van der Waals surface area contributed by atoms with Crippen LogP contribution in [0.15, 0.2) is 30.3 Å². The fourth-order valence-electron chi connectivity index (χ4n) is 5.13. The standard InChI is InChI=1S/C22H33N3O/c1-2-25(21(26)20-14-22(20)9-11-23-12-10-22)17-19-8-13-24(16-19)15-18-6-4-3-5-7-18/h3-7,19-20,23H,2,8-17H2,1H3. The smallest absolute Gasteiger partial charge is 0.226 e. The third kappa shape index (κ3) is 3.81. The van der Waals surface area contributed by atoms with E-state index in [9.17, 15) is 4.79 Å². The van der Waals surface area contributed by atoms with Crippen LogP contribution in [0.3, 0.4) is 0 Å². The Hall–Kier alpha value is -1.39. The van der Waals surface area contributed by atoms with Gasteiger partial charge in [-0.25, -0.2) is 0 Å². The van der Waals surface area contributed by atoms with Gasteiger partial charge in [0.2, 0.25) is 5.91 Å². The summed E-state index contributed by atoms with van der Waals surface area (Å²) in [6.07, 6.45) is 4.73. The van der Waals surface area contributed by atoms with Gasteiger partial charge in [-0.2, -0.15) is 0 Å². The monoisotopic (exact) mass is 355 g/mol. The number of likely N-dealkylation sites (tertiary alicyclic amines) is 1. The number of piperidine rings is 1. The maximum atomic E-state index is 13.1. The first-order chi connectivity index (χ1) is 12.7. The van der Waals surface area contributed by atoms with Crippen LogP contribution in [0.5, 0.6) is 0 Å². The molecule has 0 aromatic heterocycles. The minimum Gasteiger partial charge on any atom is -0.342 e. The Morgan fingerprint density at radius 2 is 2.04 bits per heavy atom. The molecular formula is C22H33N3O. The summed E-state index contributed by atoms with van der Waals surface area (Å²) in [5.74, 6) is 1.38. The second-order valence-electron chi connectivity index (χ2n) is 8.62. The van der Waals surface area contributed by atoms with E-state index in [1.165, 1.54) is 24.8 Å². The van der Waals surface area contributed by atoms with Crippen LogP contribution < -0.4 is 5.32 Å². The number of nitrogens with one attached hydrogen (secondary N) is 1. The fourth-order valence-corrected chi connectivity index (χ4v) is 5.13. The maximum absolute atomic E-state index is 13.1. The van der Waals surface area contributed by atoms with Gasteiger partial charge in [0, 0.05) is 32.1 Å². The second kappa shape index (κ2) is 7.69. The molecule has 4 nitrogen and oxygen atoms in total. The Morgan fingerprint density at radius 3 is 2.77 bits per heavy atom. The van der Waals surface area contributed by atoms with Crippen LogP contribution in [0, 0.1) is 17.3 Å². The minimum atomic E-state index is 0.311. The summed E-state index contributed by atoms with van der Waals surface area (Å²) in [4.78, 5) is 17.8. The summed E-state index contributed by atoms with van der Waals surface area (Å²) in [6.45, 7) is 9.45. The third-order valence-electron chi connectivity index (χ3n) is 6.88. The van der Waals surface area contributed by atoms with E-state index in [1.807, 2.05) is 0 Å². The Kier molecular flexibility index (Phi) is 5.32. The molecule has 0 bridgehead atoms. The molecule has 1 N–H and O–H groups in total. The molecule has 3 fully saturated rings. The second-order valence-corrected chi connectivity index (χ2v) is 8.62. The Morgan fingerprint density at radius 1 is 1.27 bits per heavy atom. The highest BCUT2D eigenvalue weighted by atomic mass is 16.2. The molecule has 1 aromatic carbocycles. The van der Waals surface area contributed by atoms with Crippen molar-refractivity contribution >= 4 is 5.91 Å². The molecule has 4 rings (SSSR count). The van der Waals surface area contributed by atoms with Crippen LogP contribution in [0.1, 0.15) is 38.2 Å². The molecule has 2 heterocycles. The fraction of sp³-hybridized carbons (Fsp3) is 0.682. The number of carbonyl (C=O) groups is 1. The molecule has 3 aliphatic rings. The zero-order chi connectivity index (χ0) is 18.0. The molecule has 1 aliphatic carbocycles. The van der Waals surface area contributed by atoms with Crippen LogP contribution in [0.2, 0.25) is 0 Å². The number of amides is 1. The van der Waals surface area contributed by atoms with Crippen LogP contribution in [-0.2, 0) is 11.3 Å². The van der Waals surface area contributed by atoms with Crippen molar-refractivity contribution in [3.05, 3.63) is 35.9 Å².